The molecule has 0 aliphatic carbocycles. The number of carbonyl (C=O) groups excluding carboxylic acids is 2. The van der Waals surface area contributed by atoms with Crippen LogP contribution in [-0.4, -0.2) is 32.3 Å². The third-order valence-corrected chi connectivity index (χ3v) is 4.24. The fraction of sp³-hybridized carbons (Fsp3) is 0.500. The fourth-order valence-electron chi connectivity index (χ4n) is 3.06. The van der Waals surface area contributed by atoms with Crippen LogP contribution in [0.2, 0.25) is 0 Å². The van der Waals surface area contributed by atoms with E-state index in [1.54, 1.807) is 39.2 Å². The van der Waals surface area contributed by atoms with Crippen LogP contribution in [0.3, 0.4) is 0 Å². The van der Waals surface area contributed by atoms with Crippen molar-refractivity contribution in [3.05, 3.63) is 35.0 Å². The molecular weight excluding hydrogens is 348 g/mol. The van der Waals surface area contributed by atoms with Gasteiger partial charge in [-0.1, -0.05) is 25.5 Å². The smallest absolute Gasteiger partial charge is 0.338 e. The molecule has 7 heteroatoms. The number of allylic oxidation sites excluding steroid dienone is 1. The first-order valence-electron chi connectivity index (χ1n) is 9.15. The molecule has 2 amide bonds. The largest absolute Gasteiger partial charge is 0.493 e. The van der Waals surface area contributed by atoms with Gasteiger partial charge in [-0.05, 0) is 32.8 Å². The van der Waals surface area contributed by atoms with E-state index in [9.17, 15) is 9.59 Å². The monoisotopic (exact) mass is 376 g/mol. The summed E-state index contributed by atoms with van der Waals surface area (Å²) < 4.78 is 16.3. The molecule has 0 spiro atoms. The number of hydrogen-bond donors (Lipinski definition) is 2. The number of urea groups is 1. The molecule has 1 unspecified atom stereocenters. The Bertz CT molecular complexity index is 727. The van der Waals surface area contributed by atoms with Crippen molar-refractivity contribution in [2.45, 2.75) is 52.2 Å². The first-order chi connectivity index (χ1) is 12.9. The van der Waals surface area contributed by atoms with E-state index in [1.165, 1.54) is 7.11 Å². The summed E-state index contributed by atoms with van der Waals surface area (Å²) in [5, 5.41) is 5.60. The number of ether oxygens (including phenoxy) is 3. The minimum Gasteiger partial charge on any atom is -0.493 e. The lowest BCUT2D eigenvalue weighted by Crippen LogP contribution is -2.46. The number of methoxy groups -OCH3 is 2. The number of para-hydroxylation sites is 1. The van der Waals surface area contributed by atoms with E-state index in [2.05, 4.69) is 17.6 Å². The van der Waals surface area contributed by atoms with Gasteiger partial charge in [0, 0.05) is 11.3 Å². The molecule has 1 aliphatic rings. The van der Waals surface area contributed by atoms with Crippen LogP contribution in [-0.2, 0) is 9.53 Å². The highest BCUT2D eigenvalue weighted by Crippen LogP contribution is 2.39. The fourth-order valence-corrected chi connectivity index (χ4v) is 3.06. The van der Waals surface area contributed by atoms with Gasteiger partial charge in [-0.2, -0.15) is 0 Å². The van der Waals surface area contributed by atoms with Crippen LogP contribution in [0.25, 0.3) is 0 Å². The summed E-state index contributed by atoms with van der Waals surface area (Å²) in [6, 6.07) is 4.30. The Hall–Kier alpha value is -2.70. The van der Waals surface area contributed by atoms with E-state index in [4.69, 9.17) is 14.2 Å². The van der Waals surface area contributed by atoms with Crippen LogP contribution in [0.4, 0.5) is 4.79 Å². The normalized spacial score (nSPS) is 16.7. The Morgan fingerprint density at radius 1 is 1.22 bits per heavy atom. The number of nitrogens with one attached hydrogen (secondary N) is 2. The van der Waals surface area contributed by atoms with E-state index in [-0.39, 0.29) is 12.1 Å². The molecule has 2 rings (SSSR count). The maximum atomic E-state index is 12.9. The number of amides is 2. The predicted molar refractivity (Wildman–Crippen MR) is 102 cm³/mol. The molecule has 0 bridgehead atoms. The molecule has 2 N–H and O–H groups in total. The van der Waals surface area contributed by atoms with Crippen molar-refractivity contribution in [2.24, 2.45) is 0 Å². The Morgan fingerprint density at radius 3 is 2.56 bits per heavy atom. The molecule has 1 atom stereocenters. The second kappa shape index (κ2) is 9.30. The maximum absolute atomic E-state index is 12.9. The standard InChI is InChI=1S/C20H28N2O5/c1-6-7-10-14-16(19(23)27-12(2)3)17(22-20(24)21-14)13-9-8-11-15(25-4)18(13)26-5/h8-9,11-12,17H,6-7,10H2,1-5H3,(H2,21,22,24). The zero-order valence-electron chi connectivity index (χ0n) is 16.5. The molecule has 0 aromatic heterocycles. The highest BCUT2D eigenvalue weighted by Gasteiger charge is 2.36. The Kier molecular flexibility index (Phi) is 7.10. The average molecular weight is 376 g/mol. The second-order valence-electron chi connectivity index (χ2n) is 6.56. The van der Waals surface area contributed by atoms with E-state index in [0.717, 1.165) is 12.8 Å². The van der Waals surface area contributed by atoms with Crippen molar-refractivity contribution >= 4 is 12.0 Å². The van der Waals surface area contributed by atoms with Gasteiger partial charge < -0.3 is 24.8 Å². The van der Waals surface area contributed by atoms with Gasteiger partial charge in [0.25, 0.3) is 0 Å². The van der Waals surface area contributed by atoms with Crippen LogP contribution in [0.1, 0.15) is 51.6 Å². The van der Waals surface area contributed by atoms with Gasteiger partial charge in [-0.15, -0.1) is 0 Å². The van der Waals surface area contributed by atoms with Gasteiger partial charge in [-0.25, -0.2) is 9.59 Å². The van der Waals surface area contributed by atoms with Gasteiger partial charge in [-0.3, -0.25) is 0 Å². The lowest BCUT2D eigenvalue weighted by molar-refractivity contribution is -0.143. The molecule has 27 heavy (non-hydrogen) atoms. The second-order valence-corrected chi connectivity index (χ2v) is 6.56. The molecule has 7 nitrogen and oxygen atoms in total. The summed E-state index contributed by atoms with van der Waals surface area (Å²) in [4.78, 5) is 25.2. The SMILES string of the molecule is CCCCC1=C(C(=O)OC(C)C)C(c2cccc(OC)c2OC)NC(=O)N1. The van der Waals surface area contributed by atoms with Crippen LogP contribution in [0, 0.1) is 0 Å². The van der Waals surface area contributed by atoms with Gasteiger partial charge in [0.1, 0.15) is 0 Å². The van der Waals surface area contributed by atoms with Crippen molar-refractivity contribution in [2.75, 3.05) is 14.2 Å². The molecule has 1 aliphatic heterocycles. The first-order valence-corrected chi connectivity index (χ1v) is 9.15. The number of esters is 1. The molecule has 0 saturated carbocycles. The summed E-state index contributed by atoms with van der Waals surface area (Å²) in [6.07, 6.45) is 2.08. The van der Waals surface area contributed by atoms with Gasteiger partial charge in [0.15, 0.2) is 11.5 Å². The van der Waals surface area contributed by atoms with Crippen LogP contribution in [0.15, 0.2) is 29.5 Å². The molecule has 0 fully saturated rings. The van der Waals surface area contributed by atoms with E-state index in [0.29, 0.717) is 34.8 Å². The molecule has 148 valence electrons. The highest BCUT2D eigenvalue weighted by atomic mass is 16.5. The lowest BCUT2D eigenvalue weighted by Gasteiger charge is -2.31. The summed E-state index contributed by atoms with van der Waals surface area (Å²) in [6.45, 7) is 5.64. The van der Waals surface area contributed by atoms with Crippen LogP contribution >= 0.6 is 0 Å². The number of carbonyl (C=O) groups is 2. The van der Waals surface area contributed by atoms with Crippen molar-refractivity contribution in [3.63, 3.8) is 0 Å². The van der Waals surface area contributed by atoms with Crippen LogP contribution in [0.5, 0.6) is 11.5 Å². The number of hydrogen-bond acceptors (Lipinski definition) is 5. The van der Waals surface area contributed by atoms with Gasteiger partial charge in [0.05, 0.1) is 31.9 Å². The van der Waals surface area contributed by atoms with Gasteiger partial charge in [0.2, 0.25) is 0 Å². The van der Waals surface area contributed by atoms with E-state index in [1.807, 2.05) is 0 Å². The molecule has 1 aromatic rings. The Balaban J connectivity index is 2.60. The van der Waals surface area contributed by atoms with Crippen LogP contribution < -0.4 is 20.1 Å². The average Bonchev–Trinajstić information content (AvgIpc) is 2.64. The van der Waals surface area contributed by atoms with Crippen molar-refractivity contribution in [1.82, 2.24) is 10.6 Å². The summed E-state index contributed by atoms with van der Waals surface area (Å²) >= 11 is 0. The Morgan fingerprint density at radius 2 is 1.96 bits per heavy atom. The number of benzene rings is 1. The molecular formula is C20H28N2O5. The van der Waals surface area contributed by atoms with E-state index < -0.39 is 12.0 Å². The third-order valence-electron chi connectivity index (χ3n) is 4.24. The van der Waals surface area contributed by atoms with Crippen molar-refractivity contribution in [3.8, 4) is 11.5 Å². The number of rotatable bonds is 8. The highest BCUT2D eigenvalue weighted by molar-refractivity contribution is 5.95. The number of unbranched alkanes of at least 4 members (excludes halogenated alkanes) is 1. The molecule has 0 saturated heterocycles. The molecule has 1 aromatic carbocycles. The van der Waals surface area contributed by atoms with Gasteiger partial charge >= 0.3 is 12.0 Å². The first kappa shape index (κ1) is 20.6. The van der Waals surface area contributed by atoms with E-state index >= 15 is 0 Å². The van der Waals surface area contributed by atoms with Crippen molar-refractivity contribution < 1.29 is 23.8 Å². The summed E-state index contributed by atoms with van der Waals surface area (Å²) in [5.74, 6) is 0.532. The molecule has 0 radical (unpaired) electrons. The van der Waals surface area contributed by atoms with Crippen molar-refractivity contribution in [1.29, 1.82) is 0 Å². The maximum Gasteiger partial charge on any atom is 0.338 e. The topological polar surface area (TPSA) is 85.9 Å². The Labute approximate surface area is 160 Å². The summed E-state index contributed by atoms with van der Waals surface area (Å²) in [7, 11) is 3.07. The quantitative estimate of drug-likeness (QED) is 0.679. The zero-order valence-corrected chi connectivity index (χ0v) is 16.5. The lowest BCUT2D eigenvalue weighted by atomic mass is 9.92. The minimum atomic E-state index is -0.693. The molecule has 1 heterocycles. The predicted octanol–water partition coefficient (Wildman–Crippen LogP) is 3.45. The third kappa shape index (κ3) is 4.72. The summed E-state index contributed by atoms with van der Waals surface area (Å²) in [5.41, 5.74) is 1.61. The minimum absolute atomic E-state index is 0.275. The zero-order chi connectivity index (χ0) is 20.0.